The minimum Gasteiger partial charge on any atom is -0.468 e. The first-order chi connectivity index (χ1) is 18.3. The van der Waals surface area contributed by atoms with E-state index in [0.717, 1.165) is 6.42 Å². The van der Waals surface area contributed by atoms with Crippen LogP contribution in [0.1, 0.15) is 98.5 Å². The molecular weight excluding hydrogens is 502 g/mol. The van der Waals surface area contributed by atoms with Crippen LogP contribution in [0.5, 0.6) is 11.5 Å². The summed E-state index contributed by atoms with van der Waals surface area (Å²) in [6.45, 7) is 11.7. The Morgan fingerprint density at radius 1 is 0.846 bits per heavy atom. The predicted octanol–water partition coefficient (Wildman–Crippen LogP) is 5.29. The number of carbonyl (C=O) groups is 4. The first kappa shape index (κ1) is 34.1. The van der Waals surface area contributed by atoms with E-state index in [4.69, 9.17) is 24.7 Å². The van der Waals surface area contributed by atoms with Gasteiger partial charge in [0.25, 0.3) is 0 Å². The molecule has 1 unspecified atom stereocenters. The Balaban J connectivity index is 3.20. The van der Waals surface area contributed by atoms with Gasteiger partial charge in [-0.05, 0) is 55.7 Å². The lowest BCUT2D eigenvalue weighted by atomic mass is 9.86. The van der Waals surface area contributed by atoms with Crippen LogP contribution < -0.4 is 15.2 Å². The highest BCUT2D eigenvalue weighted by Crippen LogP contribution is 2.32. The van der Waals surface area contributed by atoms with E-state index in [1.54, 1.807) is 19.1 Å². The summed E-state index contributed by atoms with van der Waals surface area (Å²) in [5, 5.41) is 0. The van der Waals surface area contributed by atoms with Gasteiger partial charge in [-0.1, -0.05) is 47.1 Å². The number of carbonyl (C=O) groups excluding carboxylic acids is 4. The molecule has 9 heteroatoms. The summed E-state index contributed by atoms with van der Waals surface area (Å²) in [4.78, 5) is 49.8. The summed E-state index contributed by atoms with van der Waals surface area (Å²) in [5.74, 6) is -1.08. The Kier molecular flexibility index (Phi) is 14.8. The Bertz CT molecular complexity index is 958. The van der Waals surface area contributed by atoms with Crippen LogP contribution in [0.4, 0.5) is 0 Å². The van der Waals surface area contributed by atoms with Crippen LogP contribution in [0, 0.1) is 11.8 Å². The van der Waals surface area contributed by atoms with E-state index in [-0.39, 0.29) is 43.2 Å². The van der Waals surface area contributed by atoms with Crippen molar-refractivity contribution in [1.82, 2.24) is 0 Å². The zero-order valence-corrected chi connectivity index (χ0v) is 24.7. The summed E-state index contributed by atoms with van der Waals surface area (Å²) in [6.07, 6.45) is 3.00. The number of hydrogen-bond donors (Lipinski definition) is 1. The monoisotopic (exact) mass is 549 g/mol. The molecule has 220 valence electrons. The number of methoxy groups -OCH3 is 1. The molecule has 1 rings (SSSR count). The van der Waals surface area contributed by atoms with E-state index in [0.29, 0.717) is 43.1 Å². The lowest BCUT2D eigenvalue weighted by molar-refractivity contribution is -0.155. The van der Waals surface area contributed by atoms with Crippen molar-refractivity contribution >= 4 is 23.9 Å². The SMILES string of the molecule is CCCCC(=O)OC(C)C[C@@](N)(Cc1ccc(OC(=O)CCC(C)C)c(OC(=O)CCC(C)C)c1)C(=O)OC. The van der Waals surface area contributed by atoms with Crippen LogP contribution in [0.2, 0.25) is 0 Å². The Labute approximate surface area is 233 Å². The van der Waals surface area contributed by atoms with Gasteiger partial charge in [-0.25, -0.2) is 0 Å². The van der Waals surface area contributed by atoms with Crippen molar-refractivity contribution in [2.45, 2.75) is 111 Å². The quantitative estimate of drug-likeness (QED) is 0.203. The van der Waals surface area contributed by atoms with Crippen molar-refractivity contribution in [1.29, 1.82) is 0 Å². The number of hydrogen-bond acceptors (Lipinski definition) is 9. The molecule has 0 amide bonds. The molecule has 0 spiro atoms. The normalized spacial score (nSPS) is 13.5. The predicted molar refractivity (Wildman–Crippen MR) is 148 cm³/mol. The molecule has 0 fully saturated rings. The third-order valence-corrected chi connectivity index (χ3v) is 6.14. The molecule has 0 aliphatic carbocycles. The van der Waals surface area contributed by atoms with Gasteiger partial charge in [0.05, 0.1) is 7.11 Å². The second kappa shape index (κ2) is 16.9. The van der Waals surface area contributed by atoms with Crippen LogP contribution >= 0.6 is 0 Å². The minimum absolute atomic E-state index is 0.00858. The van der Waals surface area contributed by atoms with Gasteiger partial charge in [-0.2, -0.15) is 0 Å². The summed E-state index contributed by atoms with van der Waals surface area (Å²) >= 11 is 0. The molecule has 0 heterocycles. The lowest BCUT2D eigenvalue weighted by Crippen LogP contribution is -2.53. The van der Waals surface area contributed by atoms with E-state index >= 15 is 0 Å². The maximum atomic E-state index is 12.7. The average Bonchev–Trinajstić information content (AvgIpc) is 2.85. The van der Waals surface area contributed by atoms with Crippen molar-refractivity contribution in [2.75, 3.05) is 7.11 Å². The number of esters is 4. The molecule has 2 atom stereocenters. The first-order valence-corrected chi connectivity index (χ1v) is 13.9. The van der Waals surface area contributed by atoms with Crippen LogP contribution in [-0.4, -0.2) is 42.6 Å². The number of ether oxygens (including phenoxy) is 4. The Hall–Kier alpha value is -2.94. The molecular formula is C30H47NO8. The van der Waals surface area contributed by atoms with Crippen molar-refractivity contribution in [2.24, 2.45) is 17.6 Å². The fourth-order valence-corrected chi connectivity index (χ4v) is 3.94. The molecule has 0 radical (unpaired) electrons. The number of benzene rings is 1. The van der Waals surface area contributed by atoms with Gasteiger partial charge >= 0.3 is 23.9 Å². The third kappa shape index (κ3) is 13.1. The van der Waals surface area contributed by atoms with E-state index in [1.807, 2.05) is 34.6 Å². The molecule has 9 nitrogen and oxygen atoms in total. The summed E-state index contributed by atoms with van der Waals surface area (Å²) in [5.41, 5.74) is 5.56. The highest BCUT2D eigenvalue weighted by Gasteiger charge is 2.38. The molecule has 0 aromatic heterocycles. The second-order valence-corrected chi connectivity index (χ2v) is 11.0. The van der Waals surface area contributed by atoms with Crippen molar-refractivity contribution in [3.8, 4) is 11.5 Å². The van der Waals surface area contributed by atoms with E-state index in [9.17, 15) is 19.2 Å². The van der Waals surface area contributed by atoms with Gasteiger partial charge in [0.15, 0.2) is 11.5 Å². The van der Waals surface area contributed by atoms with E-state index < -0.39 is 29.6 Å². The van der Waals surface area contributed by atoms with Gasteiger partial charge in [0.1, 0.15) is 11.6 Å². The van der Waals surface area contributed by atoms with Crippen molar-refractivity contribution < 1.29 is 38.1 Å². The minimum atomic E-state index is -1.52. The van der Waals surface area contributed by atoms with Crippen LogP contribution in [0.15, 0.2) is 18.2 Å². The molecule has 1 aromatic rings. The topological polar surface area (TPSA) is 131 Å². The number of rotatable bonds is 17. The molecule has 0 aliphatic heterocycles. The molecule has 39 heavy (non-hydrogen) atoms. The summed E-state index contributed by atoms with van der Waals surface area (Å²) in [7, 11) is 1.24. The lowest BCUT2D eigenvalue weighted by Gasteiger charge is -2.29. The van der Waals surface area contributed by atoms with Gasteiger partial charge in [0, 0.05) is 32.1 Å². The van der Waals surface area contributed by atoms with Gasteiger partial charge < -0.3 is 24.7 Å². The van der Waals surface area contributed by atoms with E-state index in [2.05, 4.69) is 0 Å². The maximum Gasteiger partial charge on any atom is 0.326 e. The zero-order chi connectivity index (χ0) is 29.6. The third-order valence-electron chi connectivity index (χ3n) is 6.14. The highest BCUT2D eigenvalue weighted by atomic mass is 16.6. The number of unbranched alkanes of at least 4 members (excludes halogenated alkanes) is 1. The molecule has 0 aliphatic rings. The first-order valence-electron chi connectivity index (χ1n) is 13.9. The second-order valence-electron chi connectivity index (χ2n) is 11.0. The molecule has 1 aromatic carbocycles. The van der Waals surface area contributed by atoms with Crippen LogP contribution in [0.3, 0.4) is 0 Å². The fourth-order valence-electron chi connectivity index (χ4n) is 3.94. The van der Waals surface area contributed by atoms with Gasteiger partial charge in [0.2, 0.25) is 0 Å². The average molecular weight is 550 g/mol. The maximum absolute atomic E-state index is 12.7. The van der Waals surface area contributed by atoms with Gasteiger partial charge in [-0.3, -0.25) is 19.2 Å². The molecule has 0 saturated carbocycles. The smallest absolute Gasteiger partial charge is 0.326 e. The van der Waals surface area contributed by atoms with Crippen LogP contribution in [-0.2, 0) is 35.1 Å². The number of nitrogens with two attached hydrogens (primary N) is 1. The molecule has 0 bridgehead atoms. The Morgan fingerprint density at radius 2 is 1.41 bits per heavy atom. The summed E-state index contributed by atoms with van der Waals surface area (Å²) in [6, 6.07) is 4.72. The highest BCUT2D eigenvalue weighted by molar-refractivity contribution is 5.81. The Morgan fingerprint density at radius 3 is 1.92 bits per heavy atom. The fraction of sp³-hybridized carbons (Fsp3) is 0.667. The largest absolute Gasteiger partial charge is 0.468 e. The molecule has 2 N–H and O–H groups in total. The molecule has 0 saturated heterocycles. The van der Waals surface area contributed by atoms with Gasteiger partial charge in [-0.15, -0.1) is 0 Å². The summed E-state index contributed by atoms with van der Waals surface area (Å²) < 4.78 is 21.5. The standard InChI is InChI=1S/C30H47NO8/c1-8-9-10-26(32)37-22(6)18-30(31,29(35)36-7)19-23-13-14-24(38-27(33)15-11-20(2)3)25(17-23)39-28(34)16-12-21(4)5/h13-14,17,20-22H,8-12,15-16,18-19,31H2,1-7H3/t22?,30-/m1/s1. The van der Waals surface area contributed by atoms with Crippen molar-refractivity contribution in [3.05, 3.63) is 23.8 Å². The zero-order valence-electron chi connectivity index (χ0n) is 24.7. The van der Waals surface area contributed by atoms with E-state index in [1.165, 1.54) is 13.2 Å². The van der Waals surface area contributed by atoms with Crippen LogP contribution in [0.25, 0.3) is 0 Å². The van der Waals surface area contributed by atoms with Crippen molar-refractivity contribution in [3.63, 3.8) is 0 Å².